The summed E-state index contributed by atoms with van der Waals surface area (Å²) in [6, 6.07) is 7.84. The van der Waals surface area contributed by atoms with Gasteiger partial charge in [-0.25, -0.2) is 9.97 Å². The highest BCUT2D eigenvalue weighted by molar-refractivity contribution is 5.41. The van der Waals surface area contributed by atoms with Gasteiger partial charge < -0.3 is 4.74 Å². The standard InChI is InChI=1S/C23H26N2O/c1-3-5-6-7-8-9-17-26-22-14-11-20(12-15-22)13-16-23-24-18-21(10-4-2)19-25-23/h11-12,14-15,18-19H,3,5-9,17H2,1-2H3. The third-order valence-corrected chi connectivity index (χ3v) is 3.86. The quantitative estimate of drug-likeness (QED) is 0.499. The molecule has 1 aromatic carbocycles. The van der Waals surface area contributed by atoms with Crippen molar-refractivity contribution in [2.24, 2.45) is 0 Å². The predicted octanol–water partition coefficient (Wildman–Crippen LogP) is 4.99. The second kappa shape index (κ2) is 11.7. The topological polar surface area (TPSA) is 35.0 Å². The number of unbranched alkanes of at least 4 members (excludes halogenated alkanes) is 5. The van der Waals surface area contributed by atoms with Crippen LogP contribution in [0.3, 0.4) is 0 Å². The van der Waals surface area contributed by atoms with Crippen LogP contribution >= 0.6 is 0 Å². The Kier molecular flexibility index (Phi) is 8.81. The van der Waals surface area contributed by atoms with Crippen LogP contribution in [-0.4, -0.2) is 16.6 Å². The molecule has 0 amide bonds. The number of rotatable bonds is 8. The van der Waals surface area contributed by atoms with E-state index in [0.29, 0.717) is 5.82 Å². The van der Waals surface area contributed by atoms with Crippen molar-refractivity contribution in [1.29, 1.82) is 0 Å². The Morgan fingerprint density at radius 1 is 0.808 bits per heavy atom. The third kappa shape index (κ3) is 7.41. The maximum absolute atomic E-state index is 5.78. The second-order valence-corrected chi connectivity index (χ2v) is 6.06. The van der Waals surface area contributed by atoms with Crippen molar-refractivity contribution in [2.75, 3.05) is 6.61 Å². The summed E-state index contributed by atoms with van der Waals surface area (Å²) >= 11 is 0. The second-order valence-electron chi connectivity index (χ2n) is 6.06. The Balaban J connectivity index is 1.77. The number of benzene rings is 1. The van der Waals surface area contributed by atoms with Crippen LogP contribution in [0.4, 0.5) is 0 Å². The lowest BCUT2D eigenvalue weighted by Crippen LogP contribution is -1.97. The Hall–Kier alpha value is -2.78. The zero-order valence-corrected chi connectivity index (χ0v) is 15.7. The molecule has 26 heavy (non-hydrogen) atoms. The minimum absolute atomic E-state index is 0.495. The average molecular weight is 346 g/mol. The molecule has 0 atom stereocenters. The van der Waals surface area contributed by atoms with Crippen LogP contribution in [0.1, 0.15) is 69.3 Å². The summed E-state index contributed by atoms with van der Waals surface area (Å²) in [5.74, 6) is 13.2. The van der Waals surface area contributed by atoms with E-state index in [1.54, 1.807) is 19.3 Å². The van der Waals surface area contributed by atoms with Crippen molar-refractivity contribution in [1.82, 2.24) is 9.97 Å². The van der Waals surface area contributed by atoms with Crippen LogP contribution in [0.2, 0.25) is 0 Å². The van der Waals surface area contributed by atoms with Crippen molar-refractivity contribution >= 4 is 0 Å². The lowest BCUT2D eigenvalue weighted by molar-refractivity contribution is 0.304. The fraction of sp³-hybridized carbons (Fsp3) is 0.391. The van der Waals surface area contributed by atoms with Gasteiger partial charge in [-0.05, 0) is 43.5 Å². The largest absolute Gasteiger partial charge is 0.494 e. The first-order valence-corrected chi connectivity index (χ1v) is 9.31. The number of ether oxygens (including phenoxy) is 1. The molecular weight excluding hydrogens is 320 g/mol. The van der Waals surface area contributed by atoms with Gasteiger partial charge in [0, 0.05) is 18.0 Å². The molecule has 1 aromatic heterocycles. The molecule has 0 radical (unpaired) electrons. The van der Waals surface area contributed by atoms with Crippen LogP contribution < -0.4 is 4.74 Å². The van der Waals surface area contributed by atoms with Gasteiger partial charge in [-0.15, -0.1) is 5.92 Å². The van der Waals surface area contributed by atoms with Gasteiger partial charge in [0.1, 0.15) is 5.75 Å². The van der Waals surface area contributed by atoms with Gasteiger partial charge in [0.25, 0.3) is 0 Å². The van der Waals surface area contributed by atoms with E-state index in [1.807, 2.05) is 24.3 Å². The molecule has 0 fully saturated rings. The summed E-state index contributed by atoms with van der Waals surface area (Å²) < 4.78 is 5.78. The minimum Gasteiger partial charge on any atom is -0.494 e. The minimum atomic E-state index is 0.495. The van der Waals surface area contributed by atoms with Crippen LogP contribution in [-0.2, 0) is 0 Å². The predicted molar refractivity (Wildman–Crippen MR) is 106 cm³/mol. The molecule has 3 heteroatoms. The zero-order chi connectivity index (χ0) is 18.5. The van der Waals surface area contributed by atoms with Gasteiger partial charge in [0.05, 0.1) is 12.2 Å². The first kappa shape index (κ1) is 19.5. The van der Waals surface area contributed by atoms with E-state index in [9.17, 15) is 0 Å². The molecule has 1 heterocycles. The van der Waals surface area contributed by atoms with Crippen LogP contribution in [0.5, 0.6) is 5.75 Å². The summed E-state index contributed by atoms with van der Waals surface area (Å²) in [7, 11) is 0. The normalized spacial score (nSPS) is 9.62. The van der Waals surface area contributed by atoms with Gasteiger partial charge in [-0.2, -0.15) is 0 Å². The van der Waals surface area contributed by atoms with E-state index < -0.39 is 0 Å². The van der Waals surface area contributed by atoms with Crippen molar-refractivity contribution in [3.8, 4) is 29.4 Å². The third-order valence-electron chi connectivity index (χ3n) is 3.86. The molecule has 0 N–H and O–H groups in total. The Labute approximate surface area is 157 Å². The smallest absolute Gasteiger partial charge is 0.205 e. The summed E-state index contributed by atoms with van der Waals surface area (Å²) in [6.07, 6.45) is 11.0. The molecule has 0 spiro atoms. The molecule has 0 aliphatic carbocycles. The van der Waals surface area contributed by atoms with Crippen molar-refractivity contribution in [3.63, 3.8) is 0 Å². The first-order chi connectivity index (χ1) is 12.8. The molecular formula is C23H26N2O. The summed E-state index contributed by atoms with van der Waals surface area (Å²) in [5, 5.41) is 0. The monoisotopic (exact) mass is 346 g/mol. The van der Waals surface area contributed by atoms with Gasteiger partial charge in [0.2, 0.25) is 5.82 Å². The molecule has 0 saturated heterocycles. The highest BCUT2D eigenvalue weighted by Gasteiger charge is 1.96. The highest BCUT2D eigenvalue weighted by Crippen LogP contribution is 2.13. The number of nitrogens with zero attached hydrogens (tertiary/aromatic N) is 2. The van der Waals surface area contributed by atoms with Gasteiger partial charge >= 0.3 is 0 Å². The van der Waals surface area contributed by atoms with Gasteiger partial charge in [0.15, 0.2) is 0 Å². The fourth-order valence-electron chi connectivity index (χ4n) is 2.44. The Bertz CT molecular complexity index is 771. The number of aromatic nitrogens is 2. The van der Waals surface area contributed by atoms with Crippen LogP contribution in [0.15, 0.2) is 36.7 Å². The molecule has 3 nitrogen and oxygen atoms in total. The molecule has 0 unspecified atom stereocenters. The maximum atomic E-state index is 5.78. The number of hydrogen-bond donors (Lipinski definition) is 0. The summed E-state index contributed by atoms with van der Waals surface area (Å²) in [4.78, 5) is 8.39. The molecule has 134 valence electrons. The van der Waals surface area contributed by atoms with Gasteiger partial charge in [-0.3, -0.25) is 0 Å². The summed E-state index contributed by atoms with van der Waals surface area (Å²) in [6.45, 7) is 4.80. The lowest BCUT2D eigenvalue weighted by atomic mass is 10.1. The van der Waals surface area contributed by atoms with E-state index in [2.05, 4.69) is 40.6 Å². The Morgan fingerprint density at radius 3 is 2.19 bits per heavy atom. The number of hydrogen-bond acceptors (Lipinski definition) is 3. The average Bonchev–Trinajstić information content (AvgIpc) is 2.68. The zero-order valence-electron chi connectivity index (χ0n) is 15.7. The SMILES string of the molecule is CC#Cc1cnc(C#Cc2ccc(OCCCCCCCC)cc2)nc1. The summed E-state index contributed by atoms with van der Waals surface area (Å²) in [5.41, 5.74) is 1.71. The molecule has 0 aliphatic heterocycles. The van der Waals surface area contributed by atoms with E-state index in [0.717, 1.165) is 29.9 Å². The lowest BCUT2D eigenvalue weighted by Gasteiger charge is -2.06. The fourth-order valence-corrected chi connectivity index (χ4v) is 2.44. The molecule has 0 saturated carbocycles. The van der Waals surface area contributed by atoms with Crippen molar-refractivity contribution in [3.05, 3.63) is 53.6 Å². The molecule has 2 rings (SSSR count). The maximum Gasteiger partial charge on any atom is 0.205 e. The molecule has 0 bridgehead atoms. The molecule has 0 aliphatic rings. The van der Waals surface area contributed by atoms with Crippen molar-refractivity contribution < 1.29 is 4.74 Å². The Morgan fingerprint density at radius 2 is 1.50 bits per heavy atom. The van der Waals surface area contributed by atoms with Crippen molar-refractivity contribution in [2.45, 2.75) is 52.4 Å². The van der Waals surface area contributed by atoms with E-state index in [-0.39, 0.29) is 0 Å². The highest BCUT2D eigenvalue weighted by atomic mass is 16.5. The van der Waals surface area contributed by atoms with Gasteiger partial charge in [-0.1, -0.05) is 50.9 Å². The first-order valence-electron chi connectivity index (χ1n) is 9.31. The van der Waals surface area contributed by atoms with E-state index in [4.69, 9.17) is 4.74 Å². The van der Waals surface area contributed by atoms with Crippen LogP contribution in [0, 0.1) is 23.7 Å². The molecule has 2 aromatic rings. The van der Waals surface area contributed by atoms with E-state index >= 15 is 0 Å². The van der Waals surface area contributed by atoms with E-state index in [1.165, 1.54) is 32.1 Å². The van der Waals surface area contributed by atoms with Crippen LogP contribution in [0.25, 0.3) is 0 Å².